The lowest BCUT2D eigenvalue weighted by atomic mass is 10.1. The molecule has 3 nitrogen and oxygen atoms in total. The van der Waals surface area contributed by atoms with Gasteiger partial charge in [-0.15, -0.1) is 0 Å². The maximum absolute atomic E-state index is 8.43. The van der Waals surface area contributed by atoms with Crippen molar-refractivity contribution < 1.29 is 4.74 Å². The third kappa shape index (κ3) is 4.75. The molecule has 2 aromatic rings. The molecule has 0 bridgehead atoms. The van der Waals surface area contributed by atoms with E-state index in [9.17, 15) is 0 Å². The Kier molecular flexibility index (Phi) is 5.63. The van der Waals surface area contributed by atoms with E-state index < -0.39 is 0 Å². The molecular formula is C17H18N2O. The number of hydrogen-bond acceptors (Lipinski definition) is 3. The zero-order chi connectivity index (χ0) is 14.0. The third-order valence-electron chi connectivity index (χ3n) is 2.91. The zero-order valence-corrected chi connectivity index (χ0v) is 11.4. The highest BCUT2D eigenvalue weighted by molar-refractivity contribution is 5.33. The predicted molar refractivity (Wildman–Crippen MR) is 79.8 cm³/mol. The maximum Gasteiger partial charge on any atom is 0.127 e. The highest BCUT2D eigenvalue weighted by Crippen LogP contribution is 2.21. The van der Waals surface area contributed by atoms with Crippen LogP contribution >= 0.6 is 0 Å². The Balaban J connectivity index is 1.79. The van der Waals surface area contributed by atoms with E-state index in [1.807, 2.05) is 42.5 Å². The molecular weight excluding hydrogens is 248 g/mol. The molecule has 0 saturated heterocycles. The Morgan fingerprint density at radius 1 is 0.900 bits per heavy atom. The van der Waals surface area contributed by atoms with E-state index in [0.717, 1.165) is 31.0 Å². The standard InChI is InChI=1S/C17H18N2O/c18-12-4-13-19-14-11-15-7-9-17(10-8-15)20-16-5-2-1-3-6-16/h1-3,5-10,19H,4,11,13-14H2. The minimum atomic E-state index is 0.559. The van der Waals surface area contributed by atoms with E-state index in [4.69, 9.17) is 10.00 Å². The van der Waals surface area contributed by atoms with Gasteiger partial charge < -0.3 is 10.1 Å². The van der Waals surface area contributed by atoms with Crippen molar-refractivity contribution in [3.8, 4) is 17.6 Å². The minimum absolute atomic E-state index is 0.559. The van der Waals surface area contributed by atoms with E-state index in [0.29, 0.717) is 6.42 Å². The fraction of sp³-hybridized carbons (Fsp3) is 0.235. The summed E-state index contributed by atoms with van der Waals surface area (Å²) in [5.41, 5.74) is 1.26. The molecule has 0 fully saturated rings. The number of nitrogens with one attached hydrogen (secondary N) is 1. The van der Waals surface area contributed by atoms with Crippen molar-refractivity contribution in [3.63, 3.8) is 0 Å². The summed E-state index contributed by atoms with van der Waals surface area (Å²) in [5, 5.41) is 11.7. The SMILES string of the molecule is N#CCCNCCc1ccc(Oc2ccccc2)cc1. The summed E-state index contributed by atoms with van der Waals surface area (Å²) in [4.78, 5) is 0. The molecule has 0 unspecified atom stereocenters. The molecule has 0 saturated carbocycles. The lowest BCUT2D eigenvalue weighted by molar-refractivity contribution is 0.482. The second kappa shape index (κ2) is 7.98. The molecule has 0 atom stereocenters. The van der Waals surface area contributed by atoms with Crippen LogP contribution in [0.1, 0.15) is 12.0 Å². The molecule has 0 aliphatic rings. The van der Waals surface area contributed by atoms with Gasteiger partial charge in [0.2, 0.25) is 0 Å². The van der Waals surface area contributed by atoms with Crippen LogP contribution in [0.15, 0.2) is 54.6 Å². The molecule has 0 aliphatic heterocycles. The summed E-state index contributed by atoms with van der Waals surface area (Å²) in [7, 11) is 0. The average Bonchev–Trinajstić information content (AvgIpc) is 2.50. The van der Waals surface area contributed by atoms with Crippen LogP contribution in [-0.4, -0.2) is 13.1 Å². The molecule has 102 valence electrons. The van der Waals surface area contributed by atoms with Crippen molar-refractivity contribution in [3.05, 3.63) is 60.2 Å². The first-order valence-electron chi connectivity index (χ1n) is 6.78. The Morgan fingerprint density at radius 3 is 2.30 bits per heavy atom. The van der Waals surface area contributed by atoms with Crippen LogP contribution in [0.5, 0.6) is 11.5 Å². The van der Waals surface area contributed by atoms with Crippen LogP contribution in [0.25, 0.3) is 0 Å². The molecule has 0 aliphatic carbocycles. The predicted octanol–water partition coefficient (Wildman–Crippen LogP) is 3.52. The normalized spacial score (nSPS) is 9.95. The molecule has 0 spiro atoms. The van der Waals surface area contributed by atoms with Crippen LogP contribution in [0.3, 0.4) is 0 Å². The molecule has 1 N–H and O–H groups in total. The molecule has 2 aromatic carbocycles. The van der Waals surface area contributed by atoms with Gasteiger partial charge >= 0.3 is 0 Å². The van der Waals surface area contributed by atoms with Crippen LogP contribution in [-0.2, 0) is 6.42 Å². The van der Waals surface area contributed by atoms with Crippen molar-refractivity contribution >= 4 is 0 Å². The number of para-hydroxylation sites is 1. The van der Waals surface area contributed by atoms with Gasteiger partial charge in [0.05, 0.1) is 6.07 Å². The van der Waals surface area contributed by atoms with Crippen molar-refractivity contribution in [2.45, 2.75) is 12.8 Å². The van der Waals surface area contributed by atoms with Gasteiger partial charge in [-0.05, 0) is 42.8 Å². The maximum atomic E-state index is 8.43. The first-order chi connectivity index (χ1) is 9.88. The largest absolute Gasteiger partial charge is 0.457 e. The molecule has 20 heavy (non-hydrogen) atoms. The highest BCUT2D eigenvalue weighted by atomic mass is 16.5. The molecule has 3 heteroatoms. The number of hydrogen-bond donors (Lipinski definition) is 1. The van der Waals surface area contributed by atoms with Crippen LogP contribution in [0.4, 0.5) is 0 Å². The van der Waals surface area contributed by atoms with E-state index >= 15 is 0 Å². The lowest BCUT2D eigenvalue weighted by Crippen LogP contribution is -2.17. The Morgan fingerprint density at radius 2 is 1.60 bits per heavy atom. The van der Waals surface area contributed by atoms with Crippen molar-refractivity contribution in [1.82, 2.24) is 5.32 Å². The fourth-order valence-electron chi connectivity index (χ4n) is 1.85. The van der Waals surface area contributed by atoms with E-state index in [1.165, 1.54) is 5.56 Å². The zero-order valence-electron chi connectivity index (χ0n) is 11.4. The summed E-state index contributed by atoms with van der Waals surface area (Å²) in [6.45, 7) is 1.65. The van der Waals surface area contributed by atoms with Crippen LogP contribution in [0.2, 0.25) is 0 Å². The summed E-state index contributed by atoms with van der Waals surface area (Å²) >= 11 is 0. The van der Waals surface area contributed by atoms with Gasteiger partial charge in [0, 0.05) is 13.0 Å². The van der Waals surface area contributed by atoms with E-state index in [2.05, 4.69) is 23.5 Å². The lowest BCUT2D eigenvalue weighted by Gasteiger charge is -2.07. The topological polar surface area (TPSA) is 45.0 Å². The number of ether oxygens (including phenoxy) is 1. The van der Waals surface area contributed by atoms with Crippen molar-refractivity contribution in [1.29, 1.82) is 5.26 Å². The number of nitrogens with zero attached hydrogens (tertiary/aromatic N) is 1. The van der Waals surface area contributed by atoms with Gasteiger partial charge in [0.15, 0.2) is 0 Å². The Labute approximate surface area is 119 Å². The van der Waals surface area contributed by atoms with Gasteiger partial charge in [-0.2, -0.15) is 5.26 Å². The summed E-state index contributed by atoms with van der Waals surface area (Å²) in [5.74, 6) is 1.69. The quantitative estimate of drug-likeness (QED) is 0.780. The second-order valence-corrected chi connectivity index (χ2v) is 4.47. The first kappa shape index (κ1) is 14.1. The van der Waals surface area contributed by atoms with Crippen molar-refractivity contribution in [2.75, 3.05) is 13.1 Å². The number of nitriles is 1. The summed E-state index contributed by atoms with van der Waals surface area (Å²) in [6.07, 6.45) is 1.51. The van der Waals surface area contributed by atoms with Gasteiger partial charge in [0.1, 0.15) is 11.5 Å². The fourth-order valence-corrected chi connectivity index (χ4v) is 1.85. The Hall–Kier alpha value is -2.31. The van der Waals surface area contributed by atoms with E-state index in [-0.39, 0.29) is 0 Å². The van der Waals surface area contributed by atoms with Gasteiger partial charge in [-0.3, -0.25) is 0 Å². The van der Waals surface area contributed by atoms with Crippen LogP contribution < -0.4 is 10.1 Å². The Bertz CT molecular complexity index is 543. The summed E-state index contributed by atoms with van der Waals surface area (Å²) < 4.78 is 5.74. The van der Waals surface area contributed by atoms with Gasteiger partial charge in [-0.1, -0.05) is 30.3 Å². The third-order valence-corrected chi connectivity index (χ3v) is 2.91. The second-order valence-electron chi connectivity index (χ2n) is 4.47. The molecule has 2 rings (SSSR count). The first-order valence-corrected chi connectivity index (χ1v) is 6.78. The highest BCUT2D eigenvalue weighted by Gasteiger charge is 1.97. The monoisotopic (exact) mass is 266 g/mol. The average molecular weight is 266 g/mol. The van der Waals surface area contributed by atoms with Gasteiger partial charge in [-0.25, -0.2) is 0 Å². The van der Waals surface area contributed by atoms with Crippen molar-refractivity contribution in [2.24, 2.45) is 0 Å². The van der Waals surface area contributed by atoms with E-state index in [1.54, 1.807) is 0 Å². The molecule has 0 heterocycles. The molecule has 0 radical (unpaired) electrons. The smallest absolute Gasteiger partial charge is 0.127 e. The number of benzene rings is 2. The van der Waals surface area contributed by atoms with Crippen LogP contribution in [0, 0.1) is 11.3 Å². The summed E-state index contributed by atoms with van der Waals surface area (Å²) in [6, 6.07) is 20.0. The molecule has 0 amide bonds. The minimum Gasteiger partial charge on any atom is -0.457 e. The molecule has 0 aromatic heterocycles. The number of rotatable bonds is 7. The van der Waals surface area contributed by atoms with Gasteiger partial charge in [0.25, 0.3) is 0 Å².